The van der Waals surface area contributed by atoms with Crippen LogP contribution in [0.25, 0.3) is 0 Å². The first kappa shape index (κ1) is 14.9. The fourth-order valence-corrected chi connectivity index (χ4v) is 1.21. The molecular weight excluding hydrogens is 258 g/mol. The van der Waals surface area contributed by atoms with Crippen LogP contribution in [0.4, 0.5) is 19.3 Å². The number of amides is 2. The third-order valence-electron chi connectivity index (χ3n) is 2.86. The molecule has 0 spiro atoms. The Bertz CT molecular complexity index is 497. The summed E-state index contributed by atoms with van der Waals surface area (Å²) in [5.74, 6) is -3.11. The van der Waals surface area contributed by atoms with Gasteiger partial charge in [0.15, 0.2) is 0 Å². The standard InChI is InChI=1S/C12H14F2N2O3/c1-12(2,10(17)18)16(3)11(19)15-9-7(13)5-4-6-8(9)14/h4-6H,1-3H3,(H,15,19)(H,17,18). The van der Waals surface area contributed by atoms with Gasteiger partial charge in [0, 0.05) is 7.05 Å². The van der Waals surface area contributed by atoms with Crippen LogP contribution in [-0.4, -0.2) is 34.6 Å². The van der Waals surface area contributed by atoms with E-state index >= 15 is 0 Å². The largest absolute Gasteiger partial charge is 0.480 e. The molecule has 0 saturated heterocycles. The van der Waals surface area contributed by atoms with Gasteiger partial charge < -0.3 is 15.3 Å². The number of hydrogen-bond donors (Lipinski definition) is 2. The molecule has 0 aromatic heterocycles. The molecule has 7 heteroatoms. The van der Waals surface area contributed by atoms with Gasteiger partial charge in [-0.05, 0) is 26.0 Å². The van der Waals surface area contributed by atoms with Crippen LogP contribution in [0.2, 0.25) is 0 Å². The lowest BCUT2D eigenvalue weighted by Crippen LogP contribution is -2.52. The second-order valence-corrected chi connectivity index (χ2v) is 4.45. The second kappa shape index (κ2) is 5.21. The Balaban J connectivity index is 2.95. The number of rotatable bonds is 3. The topological polar surface area (TPSA) is 69.6 Å². The highest BCUT2D eigenvalue weighted by Gasteiger charge is 2.35. The van der Waals surface area contributed by atoms with Crippen LogP contribution in [0.15, 0.2) is 18.2 Å². The van der Waals surface area contributed by atoms with Crippen LogP contribution in [0.3, 0.4) is 0 Å². The normalized spacial score (nSPS) is 11.0. The first-order valence-electron chi connectivity index (χ1n) is 5.40. The van der Waals surface area contributed by atoms with E-state index < -0.39 is 34.9 Å². The van der Waals surface area contributed by atoms with Crippen molar-refractivity contribution in [2.75, 3.05) is 12.4 Å². The number of carboxylic acids is 1. The number of carbonyl (C=O) groups excluding carboxylic acids is 1. The molecule has 1 aromatic rings. The molecule has 1 rings (SSSR count). The molecule has 0 aliphatic heterocycles. The molecule has 1 aromatic carbocycles. The van der Waals surface area contributed by atoms with E-state index in [4.69, 9.17) is 5.11 Å². The first-order chi connectivity index (χ1) is 8.67. The molecule has 0 saturated carbocycles. The van der Waals surface area contributed by atoms with Crippen LogP contribution in [-0.2, 0) is 4.79 Å². The number of anilines is 1. The Labute approximate surface area is 108 Å². The molecule has 5 nitrogen and oxygen atoms in total. The van der Waals surface area contributed by atoms with Gasteiger partial charge in [0.25, 0.3) is 0 Å². The van der Waals surface area contributed by atoms with Gasteiger partial charge >= 0.3 is 12.0 Å². The predicted molar refractivity (Wildman–Crippen MR) is 64.9 cm³/mol. The number of aliphatic carboxylic acids is 1. The van der Waals surface area contributed by atoms with Crippen LogP contribution in [0.1, 0.15) is 13.8 Å². The van der Waals surface area contributed by atoms with Crippen LogP contribution in [0, 0.1) is 11.6 Å². The minimum atomic E-state index is -1.51. The van der Waals surface area contributed by atoms with Crippen molar-refractivity contribution in [1.82, 2.24) is 4.90 Å². The summed E-state index contributed by atoms with van der Waals surface area (Å²) in [4.78, 5) is 23.6. The van der Waals surface area contributed by atoms with Gasteiger partial charge in [-0.3, -0.25) is 0 Å². The highest BCUT2D eigenvalue weighted by molar-refractivity contribution is 5.93. The summed E-state index contributed by atoms with van der Waals surface area (Å²) >= 11 is 0. The minimum absolute atomic E-state index is 0.611. The SMILES string of the molecule is CN(C(=O)Nc1c(F)cccc1F)C(C)(C)C(=O)O. The number of urea groups is 1. The summed E-state index contributed by atoms with van der Waals surface area (Å²) in [5.41, 5.74) is -2.12. The van der Waals surface area contributed by atoms with Crippen molar-refractivity contribution in [3.05, 3.63) is 29.8 Å². The molecule has 0 radical (unpaired) electrons. The average Bonchev–Trinajstić information content (AvgIpc) is 2.32. The van der Waals surface area contributed by atoms with Crippen molar-refractivity contribution in [2.24, 2.45) is 0 Å². The number of likely N-dealkylation sites (N-methyl/N-ethyl adjacent to an activating group) is 1. The molecule has 2 amide bonds. The summed E-state index contributed by atoms with van der Waals surface area (Å²) in [6.07, 6.45) is 0. The predicted octanol–water partition coefficient (Wildman–Crippen LogP) is 2.29. The zero-order valence-corrected chi connectivity index (χ0v) is 10.7. The van der Waals surface area contributed by atoms with Gasteiger partial charge in [0.1, 0.15) is 22.9 Å². The maximum Gasteiger partial charge on any atom is 0.329 e. The monoisotopic (exact) mass is 272 g/mol. The smallest absolute Gasteiger partial charge is 0.329 e. The van der Waals surface area contributed by atoms with E-state index in [2.05, 4.69) is 0 Å². The number of nitrogens with one attached hydrogen (secondary N) is 1. The second-order valence-electron chi connectivity index (χ2n) is 4.45. The molecule has 0 fully saturated rings. The minimum Gasteiger partial charge on any atom is -0.480 e. The number of carbonyl (C=O) groups is 2. The van der Waals surface area contributed by atoms with Gasteiger partial charge in [0.2, 0.25) is 0 Å². The Morgan fingerprint density at radius 2 is 1.74 bits per heavy atom. The third-order valence-corrected chi connectivity index (χ3v) is 2.86. The van der Waals surface area contributed by atoms with E-state index in [1.807, 2.05) is 5.32 Å². The van der Waals surface area contributed by atoms with Gasteiger partial charge in [0.05, 0.1) is 0 Å². The van der Waals surface area contributed by atoms with Gasteiger partial charge in [-0.25, -0.2) is 18.4 Å². The van der Waals surface area contributed by atoms with Crippen molar-refractivity contribution in [3.63, 3.8) is 0 Å². The Hall–Kier alpha value is -2.18. The van der Waals surface area contributed by atoms with Crippen molar-refractivity contribution < 1.29 is 23.5 Å². The lowest BCUT2D eigenvalue weighted by atomic mass is 10.1. The summed E-state index contributed by atoms with van der Waals surface area (Å²) in [6, 6.07) is 2.21. The van der Waals surface area contributed by atoms with E-state index in [9.17, 15) is 18.4 Å². The average molecular weight is 272 g/mol. The number of nitrogens with zero attached hydrogens (tertiary/aromatic N) is 1. The van der Waals surface area contributed by atoms with E-state index in [0.29, 0.717) is 0 Å². The number of hydrogen-bond acceptors (Lipinski definition) is 2. The number of para-hydroxylation sites is 1. The Kier molecular flexibility index (Phi) is 4.08. The molecular formula is C12H14F2N2O3. The molecule has 0 bridgehead atoms. The molecule has 104 valence electrons. The van der Waals surface area contributed by atoms with Crippen molar-refractivity contribution in [2.45, 2.75) is 19.4 Å². The summed E-state index contributed by atoms with van der Waals surface area (Å²) < 4.78 is 26.7. The third kappa shape index (κ3) is 2.98. The zero-order valence-electron chi connectivity index (χ0n) is 10.7. The first-order valence-corrected chi connectivity index (χ1v) is 5.40. The van der Waals surface area contributed by atoms with Gasteiger partial charge in [-0.1, -0.05) is 6.07 Å². The molecule has 2 N–H and O–H groups in total. The molecule has 0 aliphatic carbocycles. The summed E-state index contributed by atoms with van der Waals surface area (Å²) in [5, 5.41) is 11.0. The fourth-order valence-electron chi connectivity index (χ4n) is 1.21. The maximum atomic E-state index is 13.3. The number of benzene rings is 1. The lowest BCUT2D eigenvalue weighted by molar-refractivity contribution is -0.146. The molecule has 0 aliphatic rings. The quantitative estimate of drug-likeness (QED) is 0.887. The van der Waals surface area contributed by atoms with E-state index in [-0.39, 0.29) is 0 Å². The highest BCUT2D eigenvalue weighted by Crippen LogP contribution is 2.20. The fraction of sp³-hybridized carbons (Fsp3) is 0.333. The lowest BCUT2D eigenvalue weighted by Gasteiger charge is -2.31. The zero-order chi connectivity index (χ0) is 14.8. The van der Waals surface area contributed by atoms with Crippen LogP contribution in [0.5, 0.6) is 0 Å². The van der Waals surface area contributed by atoms with Crippen molar-refractivity contribution in [3.8, 4) is 0 Å². The van der Waals surface area contributed by atoms with Gasteiger partial charge in [-0.15, -0.1) is 0 Å². The van der Waals surface area contributed by atoms with Crippen LogP contribution < -0.4 is 5.32 Å². The van der Waals surface area contributed by atoms with Crippen molar-refractivity contribution in [1.29, 1.82) is 0 Å². The van der Waals surface area contributed by atoms with Gasteiger partial charge in [-0.2, -0.15) is 0 Å². The molecule has 0 heterocycles. The highest BCUT2D eigenvalue weighted by atomic mass is 19.1. The maximum absolute atomic E-state index is 13.3. The van der Waals surface area contributed by atoms with E-state index in [1.54, 1.807) is 0 Å². The van der Waals surface area contributed by atoms with Crippen molar-refractivity contribution >= 4 is 17.7 Å². The Morgan fingerprint density at radius 1 is 1.26 bits per heavy atom. The summed E-state index contributed by atoms with van der Waals surface area (Å²) in [6.45, 7) is 2.60. The summed E-state index contributed by atoms with van der Waals surface area (Å²) in [7, 11) is 1.22. The van der Waals surface area contributed by atoms with E-state index in [1.165, 1.54) is 20.9 Å². The molecule has 0 unspecified atom stereocenters. The Morgan fingerprint density at radius 3 is 2.16 bits per heavy atom. The van der Waals surface area contributed by atoms with Crippen LogP contribution >= 0.6 is 0 Å². The van der Waals surface area contributed by atoms with E-state index in [0.717, 1.165) is 23.1 Å². The number of carboxylic acid groups (broad SMARTS) is 1. The number of halogens is 2. The molecule has 19 heavy (non-hydrogen) atoms. The molecule has 0 atom stereocenters.